The Bertz CT molecular complexity index is 377. The van der Waals surface area contributed by atoms with Crippen LogP contribution in [0.15, 0.2) is 18.3 Å². The molecule has 0 bridgehead atoms. The van der Waals surface area contributed by atoms with Crippen LogP contribution < -0.4 is 10.2 Å². The molecule has 0 aliphatic carbocycles. The monoisotopic (exact) mass is 235 g/mol. The van der Waals surface area contributed by atoms with Gasteiger partial charge in [0.25, 0.3) is 0 Å². The Morgan fingerprint density at radius 1 is 1.53 bits per heavy atom. The van der Waals surface area contributed by atoms with Gasteiger partial charge in [-0.05, 0) is 24.1 Å². The van der Waals surface area contributed by atoms with Gasteiger partial charge in [0.2, 0.25) is 5.91 Å². The zero-order chi connectivity index (χ0) is 12.8. The number of aromatic nitrogens is 1. The normalized spacial score (nSPS) is 12.0. The maximum absolute atomic E-state index is 11.6. The summed E-state index contributed by atoms with van der Waals surface area (Å²) in [5.41, 5.74) is 1.07. The predicted molar refractivity (Wildman–Crippen MR) is 69.9 cm³/mol. The highest BCUT2D eigenvalue weighted by Crippen LogP contribution is 2.09. The van der Waals surface area contributed by atoms with Crippen LogP contribution in [0.25, 0.3) is 0 Å². The van der Waals surface area contributed by atoms with Gasteiger partial charge in [0.15, 0.2) is 0 Å². The lowest BCUT2D eigenvalue weighted by Crippen LogP contribution is -2.28. The van der Waals surface area contributed by atoms with Crippen LogP contribution in [0, 0.1) is 5.92 Å². The van der Waals surface area contributed by atoms with Crippen molar-refractivity contribution in [2.75, 3.05) is 19.0 Å². The first-order valence-electron chi connectivity index (χ1n) is 5.94. The molecule has 0 fully saturated rings. The molecule has 1 atom stereocenters. The van der Waals surface area contributed by atoms with Gasteiger partial charge < -0.3 is 10.2 Å². The number of nitrogens with one attached hydrogen (secondary N) is 1. The van der Waals surface area contributed by atoms with Crippen molar-refractivity contribution in [3.8, 4) is 0 Å². The fraction of sp³-hybridized carbons (Fsp3) is 0.538. The summed E-state index contributed by atoms with van der Waals surface area (Å²) in [7, 11) is 3.90. The Balaban J connectivity index is 2.57. The van der Waals surface area contributed by atoms with Gasteiger partial charge in [-0.1, -0.05) is 13.8 Å². The van der Waals surface area contributed by atoms with Crippen LogP contribution in [0.4, 0.5) is 5.82 Å². The lowest BCUT2D eigenvalue weighted by atomic mass is 10.1. The fourth-order valence-electron chi connectivity index (χ4n) is 1.36. The number of nitrogens with zero attached hydrogens (tertiary/aromatic N) is 2. The number of pyridine rings is 1. The van der Waals surface area contributed by atoms with Crippen molar-refractivity contribution < 1.29 is 4.79 Å². The molecule has 1 aromatic rings. The molecule has 0 saturated carbocycles. The molecule has 94 valence electrons. The number of amides is 1. The molecule has 0 radical (unpaired) electrons. The Labute approximate surface area is 103 Å². The fourth-order valence-corrected chi connectivity index (χ4v) is 1.36. The van der Waals surface area contributed by atoms with E-state index in [0.717, 1.165) is 17.8 Å². The first-order valence-corrected chi connectivity index (χ1v) is 5.94. The van der Waals surface area contributed by atoms with Gasteiger partial charge >= 0.3 is 0 Å². The first kappa shape index (κ1) is 13.5. The zero-order valence-electron chi connectivity index (χ0n) is 11.0. The van der Waals surface area contributed by atoms with Gasteiger partial charge in [-0.15, -0.1) is 0 Å². The lowest BCUT2D eigenvalue weighted by Gasteiger charge is -2.13. The van der Waals surface area contributed by atoms with E-state index in [0.29, 0.717) is 6.54 Å². The van der Waals surface area contributed by atoms with E-state index < -0.39 is 0 Å². The molecule has 0 aromatic carbocycles. The van der Waals surface area contributed by atoms with Gasteiger partial charge in [0.1, 0.15) is 5.82 Å². The van der Waals surface area contributed by atoms with E-state index >= 15 is 0 Å². The zero-order valence-corrected chi connectivity index (χ0v) is 11.0. The maximum Gasteiger partial charge on any atom is 0.223 e. The average molecular weight is 235 g/mol. The highest BCUT2D eigenvalue weighted by atomic mass is 16.1. The van der Waals surface area contributed by atoms with Gasteiger partial charge in [0, 0.05) is 32.8 Å². The minimum absolute atomic E-state index is 0.0742. The first-order chi connectivity index (χ1) is 8.04. The number of carbonyl (C=O) groups is 1. The second-order valence-electron chi connectivity index (χ2n) is 4.44. The number of hydrogen-bond donors (Lipinski definition) is 1. The quantitative estimate of drug-likeness (QED) is 0.846. The van der Waals surface area contributed by atoms with E-state index in [9.17, 15) is 4.79 Å². The van der Waals surface area contributed by atoms with Gasteiger partial charge in [-0.2, -0.15) is 0 Å². The molecule has 1 N–H and O–H groups in total. The molecule has 0 aliphatic rings. The molecule has 0 spiro atoms. The highest BCUT2D eigenvalue weighted by molar-refractivity contribution is 5.78. The molecule has 17 heavy (non-hydrogen) atoms. The van der Waals surface area contributed by atoms with Crippen LogP contribution in [0.2, 0.25) is 0 Å². The predicted octanol–water partition coefficient (Wildman–Crippen LogP) is 1.81. The summed E-state index contributed by atoms with van der Waals surface area (Å²) in [6.07, 6.45) is 2.63. The number of anilines is 1. The van der Waals surface area contributed by atoms with Crippen LogP contribution in [0.3, 0.4) is 0 Å². The third-order valence-electron chi connectivity index (χ3n) is 2.79. The minimum Gasteiger partial charge on any atom is -0.363 e. The van der Waals surface area contributed by atoms with Gasteiger partial charge in [-0.3, -0.25) is 4.79 Å². The van der Waals surface area contributed by atoms with Crippen molar-refractivity contribution in [1.29, 1.82) is 0 Å². The van der Waals surface area contributed by atoms with Crippen LogP contribution in [0.5, 0.6) is 0 Å². The molecule has 1 heterocycles. The summed E-state index contributed by atoms with van der Waals surface area (Å²) in [6.45, 7) is 4.51. The van der Waals surface area contributed by atoms with Crippen molar-refractivity contribution in [1.82, 2.24) is 10.3 Å². The minimum atomic E-state index is 0.0742. The SMILES string of the molecule is CC[C@@H](C)C(=O)NCc1ccnc(N(C)C)c1. The third kappa shape index (κ3) is 4.06. The van der Waals surface area contributed by atoms with Gasteiger partial charge in [-0.25, -0.2) is 4.98 Å². The second-order valence-corrected chi connectivity index (χ2v) is 4.44. The standard InChI is InChI=1S/C13H21N3O/c1-5-10(2)13(17)15-9-11-6-7-14-12(8-11)16(3)4/h6-8,10H,5,9H2,1-4H3,(H,15,17)/t10-/m1/s1. The highest BCUT2D eigenvalue weighted by Gasteiger charge is 2.09. The molecule has 1 rings (SSSR count). The van der Waals surface area contributed by atoms with Crippen LogP contribution >= 0.6 is 0 Å². The lowest BCUT2D eigenvalue weighted by molar-refractivity contribution is -0.124. The van der Waals surface area contributed by atoms with Gasteiger partial charge in [0.05, 0.1) is 0 Å². The topological polar surface area (TPSA) is 45.2 Å². The van der Waals surface area contributed by atoms with E-state index in [1.54, 1.807) is 6.20 Å². The Hall–Kier alpha value is -1.58. The van der Waals surface area contributed by atoms with Crippen LogP contribution in [0.1, 0.15) is 25.8 Å². The summed E-state index contributed by atoms with van der Waals surface area (Å²) >= 11 is 0. The van der Waals surface area contributed by atoms with Crippen molar-refractivity contribution >= 4 is 11.7 Å². The van der Waals surface area contributed by atoms with Crippen molar-refractivity contribution in [3.63, 3.8) is 0 Å². The second kappa shape index (κ2) is 6.23. The third-order valence-corrected chi connectivity index (χ3v) is 2.79. The molecule has 0 unspecified atom stereocenters. The number of hydrogen-bond acceptors (Lipinski definition) is 3. The van der Waals surface area contributed by atoms with Crippen LogP contribution in [-0.4, -0.2) is 25.0 Å². The molecular formula is C13H21N3O. The van der Waals surface area contributed by atoms with E-state index in [1.807, 2.05) is 45.0 Å². The molecule has 1 amide bonds. The van der Waals surface area contributed by atoms with E-state index in [2.05, 4.69) is 10.3 Å². The molecular weight excluding hydrogens is 214 g/mol. The summed E-state index contributed by atoms with van der Waals surface area (Å²) in [4.78, 5) is 17.8. The van der Waals surface area contributed by atoms with E-state index in [1.165, 1.54) is 0 Å². The number of carbonyl (C=O) groups excluding carboxylic acids is 1. The Morgan fingerprint density at radius 2 is 2.24 bits per heavy atom. The molecule has 0 aliphatic heterocycles. The van der Waals surface area contributed by atoms with Crippen LogP contribution in [-0.2, 0) is 11.3 Å². The van der Waals surface area contributed by atoms with Crippen molar-refractivity contribution in [3.05, 3.63) is 23.9 Å². The van der Waals surface area contributed by atoms with Crippen molar-refractivity contribution in [2.45, 2.75) is 26.8 Å². The van der Waals surface area contributed by atoms with Crippen molar-refractivity contribution in [2.24, 2.45) is 5.92 Å². The average Bonchev–Trinajstić information content (AvgIpc) is 2.35. The molecule has 1 aromatic heterocycles. The maximum atomic E-state index is 11.6. The summed E-state index contributed by atoms with van der Waals surface area (Å²) < 4.78 is 0. The summed E-state index contributed by atoms with van der Waals surface area (Å²) in [5, 5.41) is 2.93. The van der Waals surface area contributed by atoms with E-state index in [-0.39, 0.29) is 11.8 Å². The Kier molecular flexibility index (Phi) is 4.94. The molecule has 4 heteroatoms. The Morgan fingerprint density at radius 3 is 2.82 bits per heavy atom. The summed E-state index contributed by atoms with van der Waals surface area (Å²) in [6, 6.07) is 3.90. The molecule has 0 saturated heterocycles. The largest absolute Gasteiger partial charge is 0.363 e. The number of rotatable bonds is 5. The summed E-state index contributed by atoms with van der Waals surface area (Å²) in [5.74, 6) is 1.08. The van der Waals surface area contributed by atoms with E-state index in [4.69, 9.17) is 0 Å². The smallest absolute Gasteiger partial charge is 0.223 e. The molecule has 4 nitrogen and oxygen atoms in total.